The number of amides is 1. The third-order valence-electron chi connectivity index (χ3n) is 5.12. The number of thiazole rings is 1. The Bertz CT molecular complexity index is 965. The van der Waals surface area contributed by atoms with E-state index in [4.69, 9.17) is 9.15 Å². The van der Waals surface area contributed by atoms with Crippen molar-refractivity contribution in [1.29, 1.82) is 0 Å². The Balaban J connectivity index is 1.56. The molecule has 28 heavy (non-hydrogen) atoms. The van der Waals surface area contributed by atoms with Crippen LogP contribution >= 0.6 is 11.3 Å². The van der Waals surface area contributed by atoms with Crippen molar-refractivity contribution in [2.45, 2.75) is 38.6 Å². The Labute approximate surface area is 168 Å². The van der Waals surface area contributed by atoms with E-state index in [0.29, 0.717) is 23.7 Å². The maximum Gasteiger partial charge on any atom is 0.266 e. The minimum atomic E-state index is -0.130. The summed E-state index contributed by atoms with van der Waals surface area (Å²) in [7, 11) is 1.66. The number of carbonyl (C=O) groups excluding carboxylic acids is 1. The van der Waals surface area contributed by atoms with Crippen LogP contribution < -0.4 is 4.74 Å². The van der Waals surface area contributed by atoms with Crippen LogP contribution in [0, 0.1) is 6.92 Å². The highest BCUT2D eigenvalue weighted by molar-refractivity contribution is 7.11. The van der Waals surface area contributed by atoms with Gasteiger partial charge in [-0.2, -0.15) is 0 Å². The molecule has 1 aromatic carbocycles. The van der Waals surface area contributed by atoms with Crippen LogP contribution in [0.3, 0.4) is 0 Å². The smallest absolute Gasteiger partial charge is 0.266 e. The van der Waals surface area contributed by atoms with Gasteiger partial charge in [0.25, 0.3) is 5.91 Å². The monoisotopic (exact) mass is 397 g/mol. The van der Waals surface area contributed by atoms with E-state index in [9.17, 15) is 4.79 Å². The quantitative estimate of drug-likeness (QED) is 0.638. The first-order valence-electron chi connectivity index (χ1n) is 9.45. The average Bonchev–Trinajstić information content (AvgIpc) is 3.37. The second-order valence-corrected chi connectivity index (χ2v) is 7.79. The van der Waals surface area contributed by atoms with Gasteiger partial charge in [0.05, 0.1) is 24.5 Å². The SMILES string of the molecule is COc1ccccc1Cc1cnc(C2CCCCN2C(=O)c2scnc2C)o1. The van der Waals surface area contributed by atoms with Crippen molar-refractivity contribution in [2.75, 3.05) is 13.7 Å². The van der Waals surface area contributed by atoms with Crippen LogP contribution in [0.25, 0.3) is 0 Å². The number of methoxy groups -OCH3 is 1. The van der Waals surface area contributed by atoms with E-state index in [1.165, 1.54) is 11.3 Å². The number of aryl methyl sites for hydroxylation is 1. The zero-order chi connectivity index (χ0) is 19.5. The van der Waals surface area contributed by atoms with Gasteiger partial charge in [-0.25, -0.2) is 9.97 Å². The maximum absolute atomic E-state index is 13.1. The summed E-state index contributed by atoms with van der Waals surface area (Å²) in [5.74, 6) is 2.23. The Morgan fingerprint density at radius 2 is 2.18 bits per heavy atom. The molecule has 146 valence electrons. The normalized spacial score (nSPS) is 16.9. The second-order valence-electron chi connectivity index (χ2n) is 6.93. The molecule has 1 amide bonds. The molecule has 1 saturated heterocycles. The molecule has 6 nitrogen and oxygen atoms in total. The van der Waals surface area contributed by atoms with E-state index in [2.05, 4.69) is 9.97 Å². The fourth-order valence-corrected chi connectivity index (χ4v) is 4.42. The van der Waals surface area contributed by atoms with Gasteiger partial charge in [-0.05, 0) is 32.3 Å². The van der Waals surface area contributed by atoms with Gasteiger partial charge in [-0.15, -0.1) is 11.3 Å². The predicted octanol–water partition coefficient (Wildman–Crippen LogP) is 4.41. The number of hydrogen-bond acceptors (Lipinski definition) is 6. The van der Waals surface area contributed by atoms with Gasteiger partial charge in [0.2, 0.25) is 5.89 Å². The molecule has 1 aliphatic heterocycles. The second kappa shape index (κ2) is 8.14. The standard InChI is InChI=1S/C21H23N3O3S/c1-14-19(28-13-23-14)21(25)24-10-6-5-8-17(24)20-22-12-16(27-20)11-15-7-3-4-9-18(15)26-2/h3-4,7,9,12-13,17H,5-6,8,10-11H2,1-2H3. The highest BCUT2D eigenvalue weighted by atomic mass is 32.1. The third kappa shape index (κ3) is 3.67. The molecule has 0 spiro atoms. The molecular formula is C21H23N3O3S. The summed E-state index contributed by atoms with van der Waals surface area (Å²) in [5.41, 5.74) is 3.55. The van der Waals surface area contributed by atoms with Gasteiger partial charge in [0.1, 0.15) is 22.4 Å². The minimum Gasteiger partial charge on any atom is -0.496 e. The lowest BCUT2D eigenvalue weighted by atomic mass is 10.0. The molecule has 1 atom stereocenters. The third-order valence-corrected chi connectivity index (χ3v) is 6.03. The van der Waals surface area contributed by atoms with Gasteiger partial charge in [-0.3, -0.25) is 4.79 Å². The molecule has 0 aliphatic carbocycles. The molecule has 0 N–H and O–H groups in total. The number of piperidine rings is 1. The highest BCUT2D eigenvalue weighted by Gasteiger charge is 2.33. The number of nitrogens with zero attached hydrogens (tertiary/aromatic N) is 3. The number of ether oxygens (including phenoxy) is 1. The number of para-hydroxylation sites is 1. The zero-order valence-electron chi connectivity index (χ0n) is 16.1. The fourth-order valence-electron chi connectivity index (χ4n) is 3.66. The lowest BCUT2D eigenvalue weighted by molar-refractivity contribution is 0.0574. The van der Waals surface area contributed by atoms with Gasteiger partial charge in [0, 0.05) is 18.5 Å². The van der Waals surface area contributed by atoms with Gasteiger partial charge in [0.15, 0.2) is 0 Å². The summed E-state index contributed by atoms with van der Waals surface area (Å²) in [6.07, 6.45) is 5.27. The Morgan fingerprint density at radius 1 is 1.32 bits per heavy atom. The first-order valence-corrected chi connectivity index (χ1v) is 10.3. The number of oxazole rings is 1. The maximum atomic E-state index is 13.1. The van der Waals surface area contributed by atoms with Crippen molar-refractivity contribution in [3.05, 3.63) is 63.8 Å². The van der Waals surface area contributed by atoms with Gasteiger partial charge >= 0.3 is 0 Å². The lowest BCUT2D eigenvalue weighted by Gasteiger charge is -2.33. The summed E-state index contributed by atoms with van der Waals surface area (Å²) in [4.78, 5) is 24.4. The molecule has 2 aromatic heterocycles. The average molecular weight is 398 g/mol. The molecule has 7 heteroatoms. The zero-order valence-corrected chi connectivity index (χ0v) is 16.9. The van der Waals surface area contributed by atoms with Crippen molar-refractivity contribution in [1.82, 2.24) is 14.9 Å². The summed E-state index contributed by atoms with van der Waals surface area (Å²) in [6, 6.07) is 7.75. The van der Waals surface area contributed by atoms with Gasteiger partial charge in [-0.1, -0.05) is 18.2 Å². The van der Waals surface area contributed by atoms with Crippen molar-refractivity contribution < 1.29 is 13.9 Å². The van der Waals surface area contributed by atoms with Crippen LogP contribution in [0.5, 0.6) is 5.75 Å². The fraction of sp³-hybridized carbons (Fsp3) is 0.381. The van der Waals surface area contributed by atoms with Crippen LogP contribution in [-0.4, -0.2) is 34.4 Å². The van der Waals surface area contributed by atoms with E-state index in [0.717, 1.165) is 42.0 Å². The van der Waals surface area contributed by atoms with E-state index >= 15 is 0 Å². The highest BCUT2D eigenvalue weighted by Crippen LogP contribution is 2.33. The molecule has 1 fully saturated rings. The van der Waals surface area contributed by atoms with E-state index in [-0.39, 0.29) is 11.9 Å². The number of carbonyl (C=O) groups is 1. The Kier molecular flexibility index (Phi) is 5.43. The van der Waals surface area contributed by atoms with E-state index in [1.807, 2.05) is 36.1 Å². The van der Waals surface area contributed by atoms with Crippen LogP contribution in [0.2, 0.25) is 0 Å². The molecule has 0 bridgehead atoms. The minimum absolute atomic E-state index is 0.0224. The predicted molar refractivity (Wildman–Crippen MR) is 107 cm³/mol. The van der Waals surface area contributed by atoms with Crippen LogP contribution in [0.4, 0.5) is 0 Å². The molecule has 0 radical (unpaired) electrons. The summed E-state index contributed by atoms with van der Waals surface area (Å²) in [6.45, 7) is 2.59. The number of aromatic nitrogens is 2. The molecule has 1 unspecified atom stereocenters. The number of benzene rings is 1. The molecular weight excluding hydrogens is 374 g/mol. The summed E-state index contributed by atoms with van der Waals surface area (Å²) >= 11 is 1.39. The molecule has 3 heterocycles. The van der Waals surface area contributed by atoms with Crippen molar-refractivity contribution in [3.63, 3.8) is 0 Å². The topological polar surface area (TPSA) is 68.5 Å². The van der Waals surface area contributed by atoms with E-state index in [1.54, 1.807) is 18.8 Å². The van der Waals surface area contributed by atoms with E-state index < -0.39 is 0 Å². The largest absolute Gasteiger partial charge is 0.496 e. The molecule has 4 rings (SSSR count). The molecule has 0 saturated carbocycles. The van der Waals surface area contributed by atoms with Crippen molar-refractivity contribution in [2.24, 2.45) is 0 Å². The Morgan fingerprint density at radius 3 is 2.96 bits per heavy atom. The molecule has 1 aliphatic rings. The van der Waals surface area contributed by atoms with Crippen molar-refractivity contribution in [3.8, 4) is 5.75 Å². The van der Waals surface area contributed by atoms with Crippen molar-refractivity contribution >= 4 is 17.2 Å². The molecule has 3 aromatic rings. The number of rotatable bonds is 5. The number of likely N-dealkylation sites (tertiary alicyclic amines) is 1. The van der Waals surface area contributed by atoms with Crippen LogP contribution in [0.15, 0.2) is 40.4 Å². The first-order chi connectivity index (χ1) is 13.7. The summed E-state index contributed by atoms with van der Waals surface area (Å²) in [5, 5.41) is 0. The first kappa shape index (κ1) is 18.7. The van der Waals surface area contributed by atoms with Crippen LogP contribution in [-0.2, 0) is 6.42 Å². The number of hydrogen-bond donors (Lipinski definition) is 0. The van der Waals surface area contributed by atoms with Gasteiger partial charge < -0.3 is 14.1 Å². The summed E-state index contributed by atoms with van der Waals surface area (Å²) < 4.78 is 11.5. The Hall–Kier alpha value is -2.67. The lowest BCUT2D eigenvalue weighted by Crippen LogP contribution is -2.38. The van der Waals surface area contributed by atoms with Crippen LogP contribution in [0.1, 0.15) is 57.9 Å².